The minimum Gasteiger partial charge on any atom is -0.494 e. The van der Waals surface area contributed by atoms with E-state index < -0.39 is 29.7 Å². The third-order valence-corrected chi connectivity index (χ3v) is 4.42. The number of nitrogens with zero attached hydrogens (tertiary/aromatic N) is 1. The summed E-state index contributed by atoms with van der Waals surface area (Å²) < 4.78 is 10.6. The second kappa shape index (κ2) is 7.65. The van der Waals surface area contributed by atoms with Gasteiger partial charge in [-0.1, -0.05) is 0 Å². The molecule has 0 aromatic heterocycles. The summed E-state index contributed by atoms with van der Waals surface area (Å²) in [5.74, 6) is -1.58. The molecule has 8 heteroatoms. The van der Waals surface area contributed by atoms with Crippen LogP contribution in [0.1, 0.15) is 46.4 Å². The van der Waals surface area contributed by atoms with Crippen molar-refractivity contribution in [2.45, 2.75) is 31.7 Å². The summed E-state index contributed by atoms with van der Waals surface area (Å²) in [7, 11) is 1.64. The number of hydrogen-bond acceptors (Lipinski definition) is 6. The van der Waals surface area contributed by atoms with E-state index >= 15 is 0 Å². The van der Waals surface area contributed by atoms with Crippen LogP contribution in [0.3, 0.4) is 0 Å². The molecule has 0 spiro atoms. The van der Waals surface area contributed by atoms with E-state index in [4.69, 9.17) is 9.47 Å². The summed E-state index contributed by atoms with van der Waals surface area (Å²) in [6.07, 6.45) is 1.90. The molecule has 1 aromatic carbocycles. The molecular formula is C18H20N2O6. The summed E-state index contributed by atoms with van der Waals surface area (Å²) in [6, 6.07) is 3.73. The summed E-state index contributed by atoms with van der Waals surface area (Å²) in [4.78, 5) is 49.5. The molecule has 0 saturated carbocycles. The molecule has 0 bridgehead atoms. The van der Waals surface area contributed by atoms with Crippen LogP contribution in [0.5, 0.6) is 5.75 Å². The lowest BCUT2D eigenvalue weighted by molar-refractivity contribution is -0.136. The van der Waals surface area contributed by atoms with Crippen LogP contribution in [0.15, 0.2) is 18.2 Å². The van der Waals surface area contributed by atoms with Crippen LogP contribution in [0.2, 0.25) is 0 Å². The topological polar surface area (TPSA) is 102 Å². The van der Waals surface area contributed by atoms with Gasteiger partial charge in [-0.3, -0.25) is 29.4 Å². The Hall–Kier alpha value is -2.74. The molecule has 4 amide bonds. The largest absolute Gasteiger partial charge is 0.494 e. The zero-order valence-electron chi connectivity index (χ0n) is 14.4. The Morgan fingerprint density at radius 3 is 2.54 bits per heavy atom. The average molecular weight is 360 g/mol. The zero-order chi connectivity index (χ0) is 18.7. The molecule has 1 unspecified atom stereocenters. The molecule has 0 aliphatic carbocycles. The monoisotopic (exact) mass is 360 g/mol. The molecule has 2 heterocycles. The van der Waals surface area contributed by atoms with Crippen LogP contribution >= 0.6 is 0 Å². The second-order valence-corrected chi connectivity index (χ2v) is 6.20. The molecule has 26 heavy (non-hydrogen) atoms. The van der Waals surface area contributed by atoms with Gasteiger partial charge in [0.05, 0.1) is 17.7 Å². The Kier molecular flexibility index (Phi) is 5.32. The lowest BCUT2D eigenvalue weighted by Gasteiger charge is -2.27. The highest BCUT2D eigenvalue weighted by Crippen LogP contribution is 2.30. The van der Waals surface area contributed by atoms with Gasteiger partial charge in [-0.05, 0) is 37.5 Å². The van der Waals surface area contributed by atoms with Crippen molar-refractivity contribution in [1.82, 2.24) is 10.2 Å². The smallest absolute Gasteiger partial charge is 0.262 e. The molecular weight excluding hydrogens is 340 g/mol. The van der Waals surface area contributed by atoms with Gasteiger partial charge in [-0.25, -0.2) is 0 Å². The Bertz CT molecular complexity index is 760. The van der Waals surface area contributed by atoms with E-state index in [1.807, 2.05) is 0 Å². The average Bonchev–Trinajstić information content (AvgIpc) is 2.86. The van der Waals surface area contributed by atoms with Crippen molar-refractivity contribution >= 4 is 23.6 Å². The van der Waals surface area contributed by atoms with Gasteiger partial charge in [0.1, 0.15) is 11.8 Å². The lowest BCUT2D eigenvalue weighted by atomic mass is 10.0. The molecule has 3 rings (SSSR count). The van der Waals surface area contributed by atoms with Crippen LogP contribution in [0.4, 0.5) is 0 Å². The van der Waals surface area contributed by atoms with Crippen molar-refractivity contribution < 1.29 is 28.7 Å². The molecule has 2 aliphatic rings. The highest BCUT2D eigenvalue weighted by Gasteiger charge is 2.44. The molecule has 1 aromatic rings. The Labute approximate surface area is 150 Å². The summed E-state index contributed by atoms with van der Waals surface area (Å²) in [6.45, 7) is 1.13. The summed E-state index contributed by atoms with van der Waals surface area (Å²) in [5, 5.41) is 2.17. The molecule has 0 radical (unpaired) electrons. The number of carbonyl (C=O) groups is 4. The van der Waals surface area contributed by atoms with E-state index in [9.17, 15) is 19.2 Å². The number of benzene rings is 1. The second-order valence-electron chi connectivity index (χ2n) is 6.20. The van der Waals surface area contributed by atoms with Gasteiger partial charge in [0.15, 0.2) is 0 Å². The van der Waals surface area contributed by atoms with Crippen LogP contribution in [0.25, 0.3) is 0 Å². The fourth-order valence-corrected chi connectivity index (χ4v) is 3.08. The number of imide groups is 2. The van der Waals surface area contributed by atoms with E-state index in [0.717, 1.165) is 17.7 Å². The molecule has 1 atom stereocenters. The molecule has 138 valence electrons. The van der Waals surface area contributed by atoms with Gasteiger partial charge in [0.2, 0.25) is 11.8 Å². The number of ether oxygens (including phenoxy) is 2. The Morgan fingerprint density at radius 1 is 1.08 bits per heavy atom. The third kappa shape index (κ3) is 3.45. The molecule has 8 nitrogen and oxygen atoms in total. The predicted octanol–water partition coefficient (Wildman–Crippen LogP) is 0.893. The molecule has 1 N–H and O–H groups in total. The van der Waals surface area contributed by atoms with Crippen LogP contribution < -0.4 is 10.1 Å². The van der Waals surface area contributed by atoms with Crippen molar-refractivity contribution in [3.05, 3.63) is 29.3 Å². The van der Waals surface area contributed by atoms with Gasteiger partial charge in [-0.15, -0.1) is 0 Å². The summed E-state index contributed by atoms with van der Waals surface area (Å²) >= 11 is 0. The number of unbranched alkanes of at least 4 members (excludes halogenated alkanes) is 1. The van der Waals surface area contributed by atoms with Gasteiger partial charge in [-0.2, -0.15) is 0 Å². The third-order valence-electron chi connectivity index (χ3n) is 4.42. The van der Waals surface area contributed by atoms with E-state index in [2.05, 4.69) is 5.32 Å². The minimum atomic E-state index is -0.960. The van der Waals surface area contributed by atoms with Gasteiger partial charge in [0.25, 0.3) is 11.8 Å². The van der Waals surface area contributed by atoms with E-state index in [1.165, 1.54) is 12.1 Å². The standard InChI is InChI=1S/C18H20N2O6/c1-25-8-2-3-9-26-11-4-5-12-13(10-11)18(24)20(17(12)23)14-6-7-15(21)19-16(14)22/h4-5,10,14H,2-3,6-9H2,1H3,(H,19,21,22). The SMILES string of the molecule is COCCCCOc1ccc2c(c1)C(=O)N(C1CCC(=O)NC1=O)C2=O. The van der Waals surface area contributed by atoms with Crippen LogP contribution in [-0.4, -0.2) is 54.9 Å². The number of amides is 4. The minimum absolute atomic E-state index is 0.0969. The quantitative estimate of drug-likeness (QED) is 0.572. The fourth-order valence-electron chi connectivity index (χ4n) is 3.08. The first-order valence-corrected chi connectivity index (χ1v) is 8.50. The maximum Gasteiger partial charge on any atom is 0.262 e. The number of piperidine rings is 1. The highest BCUT2D eigenvalue weighted by atomic mass is 16.5. The number of hydrogen-bond donors (Lipinski definition) is 1. The zero-order valence-corrected chi connectivity index (χ0v) is 14.4. The van der Waals surface area contributed by atoms with Crippen molar-refractivity contribution in [3.8, 4) is 5.75 Å². The van der Waals surface area contributed by atoms with E-state index in [-0.39, 0.29) is 24.0 Å². The van der Waals surface area contributed by atoms with Crippen molar-refractivity contribution in [2.24, 2.45) is 0 Å². The van der Waals surface area contributed by atoms with Gasteiger partial charge in [0, 0.05) is 20.1 Å². The first kappa shape index (κ1) is 18.1. The maximum atomic E-state index is 12.7. The lowest BCUT2D eigenvalue weighted by Crippen LogP contribution is -2.54. The van der Waals surface area contributed by atoms with Crippen molar-refractivity contribution in [3.63, 3.8) is 0 Å². The molecule has 1 fully saturated rings. The van der Waals surface area contributed by atoms with Crippen molar-refractivity contribution in [2.75, 3.05) is 20.3 Å². The molecule has 1 saturated heterocycles. The Balaban J connectivity index is 1.71. The van der Waals surface area contributed by atoms with E-state index in [0.29, 0.717) is 19.0 Å². The number of methoxy groups -OCH3 is 1. The first-order chi connectivity index (χ1) is 12.5. The van der Waals surface area contributed by atoms with Crippen LogP contribution in [-0.2, 0) is 14.3 Å². The number of nitrogens with one attached hydrogen (secondary N) is 1. The highest BCUT2D eigenvalue weighted by molar-refractivity contribution is 6.23. The fraction of sp³-hybridized carbons (Fsp3) is 0.444. The normalized spacial score (nSPS) is 19.6. The van der Waals surface area contributed by atoms with Crippen LogP contribution in [0, 0.1) is 0 Å². The first-order valence-electron chi connectivity index (χ1n) is 8.50. The van der Waals surface area contributed by atoms with Gasteiger partial charge >= 0.3 is 0 Å². The van der Waals surface area contributed by atoms with E-state index in [1.54, 1.807) is 13.2 Å². The number of fused-ring (bicyclic) bond motifs is 1. The maximum absolute atomic E-state index is 12.7. The number of carbonyl (C=O) groups excluding carboxylic acids is 4. The molecule has 2 aliphatic heterocycles. The van der Waals surface area contributed by atoms with Gasteiger partial charge < -0.3 is 9.47 Å². The number of rotatable bonds is 7. The Morgan fingerprint density at radius 2 is 1.81 bits per heavy atom. The van der Waals surface area contributed by atoms with Crippen molar-refractivity contribution in [1.29, 1.82) is 0 Å². The summed E-state index contributed by atoms with van der Waals surface area (Å²) in [5.41, 5.74) is 0.459. The predicted molar refractivity (Wildman–Crippen MR) is 89.7 cm³/mol.